The SMILES string of the molecule is O=C1CCCC1c1ccnc(Br)c1. The summed E-state index contributed by atoms with van der Waals surface area (Å²) in [4.78, 5) is 15.5. The van der Waals surface area contributed by atoms with Gasteiger partial charge in [-0.1, -0.05) is 0 Å². The van der Waals surface area contributed by atoms with Crippen molar-refractivity contribution in [3.05, 3.63) is 28.5 Å². The Kier molecular flexibility index (Phi) is 2.44. The van der Waals surface area contributed by atoms with Crippen LogP contribution in [0.25, 0.3) is 0 Å². The number of hydrogen-bond acceptors (Lipinski definition) is 2. The normalized spacial score (nSPS) is 22.2. The van der Waals surface area contributed by atoms with Crippen LogP contribution in [0.2, 0.25) is 0 Å². The van der Waals surface area contributed by atoms with E-state index in [1.807, 2.05) is 12.1 Å². The predicted molar refractivity (Wildman–Crippen MR) is 53.5 cm³/mol. The summed E-state index contributed by atoms with van der Waals surface area (Å²) in [5.41, 5.74) is 1.10. The maximum absolute atomic E-state index is 11.5. The van der Waals surface area contributed by atoms with E-state index < -0.39 is 0 Å². The van der Waals surface area contributed by atoms with Crippen LogP contribution < -0.4 is 0 Å². The Bertz CT molecular complexity index is 337. The number of hydrogen-bond donors (Lipinski definition) is 0. The first kappa shape index (κ1) is 8.88. The molecule has 1 unspecified atom stereocenters. The number of pyridine rings is 1. The third-order valence-electron chi connectivity index (χ3n) is 2.46. The van der Waals surface area contributed by atoms with Gasteiger partial charge in [-0.25, -0.2) is 4.98 Å². The average Bonchev–Trinajstić information content (AvgIpc) is 2.51. The fourth-order valence-electron chi connectivity index (χ4n) is 1.80. The molecule has 1 fully saturated rings. The van der Waals surface area contributed by atoms with Crippen molar-refractivity contribution >= 4 is 21.7 Å². The summed E-state index contributed by atoms with van der Waals surface area (Å²) in [6, 6.07) is 3.87. The largest absolute Gasteiger partial charge is 0.299 e. The molecule has 1 aromatic heterocycles. The minimum atomic E-state index is 0.124. The zero-order valence-corrected chi connectivity index (χ0v) is 8.75. The Morgan fingerprint density at radius 2 is 2.38 bits per heavy atom. The molecule has 0 amide bonds. The van der Waals surface area contributed by atoms with E-state index >= 15 is 0 Å². The number of ketones is 1. The second kappa shape index (κ2) is 3.58. The van der Waals surface area contributed by atoms with Crippen LogP contribution in [0.1, 0.15) is 30.7 Å². The maximum Gasteiger partial charge on any atom is 0.140 e. The highest BCUT2D eigenvalue weighted by Gasteiger charge is 2.25. The van der Waals surface area contributed by atoms with Crippen LogP contribution in [0.5, 0.6) is 0 Å². The lowest BCUT2D eigenvalue weighted by molar-refractivity contribution is -0.118. The predicted octanol–water partition coefficient (Wildman–Crippen LogP) is 2.68. The summed E-state index contributed by atoms with van der Waals surface area (Å²) in [6.07, 6.45) is 4.51. The molecule has 1 aliphatic carbocycles. The van der Waals surface area contributed by atoms with Crippen molar-refractivity contribution in [3.63, 3.8) is 0 Å². The van der Waals surface area contributed by atoms with E-state index in [4.69, 9.17) is 0 Å². The molecule has 1 heterocycles. The molecule has 0 aliphatic heterocycles. The first-order valence-electron chi connectivity index (χ1n) is 4.41. The van der Waals surface area contributed by atoms with Crippen molar-refractivity contribution < 1.29 is 4.79 Å². The average molecular weight is 240 g/mol. The second-order valence-electron chi connectivity index (χ2n) is 3.32. The van der Waals surface area contributed by atoms with Crippen LogP contribution in [0.15, 0.2) is 22.9 Å². The third kappa shape index (κ3) is 1.80. The van der Waals surface area contributed by atoms with E-state index in [9.17, 15) is 4.79 Å². The molecule has 1 atom stereocenters. The van der Waals surface area contributed by atoms with Gasteiger partial charge >= 0.3 is 0 Å². The molecule has 2 rings (SSSR count). The molecule has 0 N–H and O–H groups in total. The molecule has 1 aliphatic rings. The van der Waals surface area contributed by atoms with Gasteiger partial charge in [0, 0.05) is 18.5 Å². The van der Waals surface area contributed by atoms with Crippen molar-refractivity contribution in [1.29, 1.82) is 0 Å². The van der Waals surface area contributed by atoms with Crippen LogP contribution >= 0.6 is 15.9 Å². The molecule has 0 radical (unpaired) electrons. The molecular formula is C10H10BrNO. The highest BCUT2D eigenvalue weighted by molar-refractivity contribution is 9.10. The summed E-state index contributed by atoms with van der Waals surface area (Å²) in [6.45, 7) is 0. The fraction of sp³-hybridized carbons (Fsp3) is 0.400. The highest BCUT2D eigenvalue weighted by atomic mass is 79.9. The standard InChI is InChI=1S/C10H10BrNO/c11-10-6-7(4-5-12-10)8-2-1-3-9(8)13/h4-6,8H,1-3H2. The molecule has 3 heteroatoms. The molecule has 1 aromatic rings. The molecule has 13 heavy (non-hydrogen) atoms. The second-order valence-corrected chi connectivity index (χ2v) is 4.14. The van der Waals surface area contributed by atoms with E-state index in [1.54, 1.807) is 6.20 Å². The van der Waals surface area contributed by atoms with Gasteiger partial charge in [0.25, 0.3) is 0 Å². The van der Waals surface area contributed by atoms with E-state index in [1.165, 1.54) is 0 Å². The van der Waals surface area contributed by atoms with Gasteiger partial charge in [0.15, 0.2) is 0 Å². The quantitative estimate of drug-likeness (QED) is 0.706. The van der Waals surface area contributed by atoms with Gasteiger partial charge < -0.3 is 0 Å². The Morgan fingerprint density at radius 1 is 1.54 bits per heavy atom. The van der Waals surface area contributed by atoms with Gasteiger partial charge in [0.05, 0.1) is 0 Å². The Hall–Kier alpha value is -0.700. The number of carbonyl (C=O) groups is 1. The first-order valence-corrected chi connectivity index (χ1v) is 5.21. The summed E-state index contributed by atoms with van der Waals surface area (Å²) in [7, 11) is 0. The van der Waals surface area contributed by atoms with Crippen LogP contribution in [-0.2, 0) is 4.79 Å². The van der Waals surface area contributed by atoms with Gasteiger partial charge in [0.1, 0.15) is 10.4 Å². The number of carbonyl (C=O) groups excluding carboxylic acids is 1. The number of rotatable bonds is 1. The minimum absolute atomic E-state index is 0.124. The summed E-state index contributed by atoms with van der Waals surface area (Å²) < 4.78 is 0.810. The topological polar surface area (TPSA) is 30.0 Å². The lowest BCUT2D eigenvalue weighted by Gasteiger charge is -2.07. The number of nitrogens with zero attached hydrogens (tertiary/aromatic N) is 1. The summed E-state index contributed by atoms with van der Waals surface area (Å²) in [5, 5.41) is 0. The summed E-state index contributed by atoms with van der Waals surface area (Å²) in [5.74, 6) is 0.498. The van der Waals surface area contributed by atoms with Gasteiger partial charge in [-0.15, -0.1) is 0 Å². The Morgan fingerprint density at radius 3 is 3.00 bits per heavy atom. The monoisotopic (exact) mass is 239 g/mol. The smallest absolute Gasteiger partial charge is 0.140 e. The highest BCUT2D eigenvalue weighted by Crippen LogP contribution is 2.31. The molecule has 0 spiro atoms. The van der Waals surface area contributed by atoms with Gasteiger partial charge in [-0.05, 0) is 46.5 Å². The van der Waals surface area contributed by atoms with E-state index in [0.717, 1.165) is 29.4 Å². The molecular weight excluding hydrogens is 230 g/mol. The van der Waals surface area contributed by atoms with Crippen molar-refractivity contribution in [3.8, 4) is 0 Å². The minimum Gasteiger partial charge on any atom is -0.299 e. The zero-order valence-electron chi connectivity index (χ0n) is 7.16. The van der Waals surface area contributed by atoms with Crippen LogP contribution in [0.4, 0.5) is 0 Å². The van der Waals surface area contributed by atoms with Crippen molar-refractivity contribution in [2.24, 2.45) is 0 Å². The third-order valence-corrected chi connectivity index (χ3v) is 2.89. The first-order chi connectivity index (χ1) is 6.27. The van der Waals surface area contributed by atoms with Crippen LogP contribution in [-0.4, -0.2) is 10.8 Å². The van der Waals surface area contributed by atoms with Gasteiger partial charge in [-0.2, -0.15) is 0 Å². The molecule has 68 valence electrons. The van der Waals surface area contributed by atoms with Crippen molar-refractivity contribution in [2.75, 3.05) is 0 Å². The Balaban J connectivity index is 2.29. The van der Waals surface area contributed by atoms with Crippen molar-refractivity contribution in [2.45, 2.75) is 25.2 Å². The fourth-order valence-corrected chi connectivity index (χ4v) is 2.18. The number of Topliss-reactive ketones (excluding diaryl/α,β-unsaturated/α-hetero) is 1. The lowest BCUT2D eigenvalue weighted by Crippen LogP contribution is -2.04. The molecule has 0 aromatic carbocycles. The summed E-state index contributed by atoms with van der Waals surface area (Å²) >= 11 is 3.31. The molecule has 0 saturated heterocycles. The van der Waals surface area contributed by atoms with Crippen LogP contribution in [0, 0.1) is 0 Å². The lowest BCUT2D eigenvalue weighted by atomic mass is 9.98. The zero-order chi connectivity index (χ0) is 9.26. The Labute approximate surface area is 85.5 Å². The van der Waals surface area contributed by atoms with E-state index in [-0.39, 0.29) is 5.92 Å². The number of aromatic nitrogens is 1. The van der Waals surface area contributed by atoms with E-state index in [2.05, 4.69) is 20.9 Å². The van der Waals surface area contributed by atoms with E-state index in [0.29, 0.717) is 5.78 Å². The number of halogens is 1. The van der Waals surface area contributed by atoms with Crippen LogP contribution in [0.3, 0.4) is 0 Å². The molecule has 2 nitrogen and oxygen atoms in total. The van der Waals surface area contributed by atoms with Gasteiger partial charge in [0.2, 0.25) is 0 Å². The van der Waals surface area contributed by atoms with Crippen molar-refractivity contribution in [1.82, 2.24) is 4.98 Å². The maximum atomic E-state index is 11.5. The molecule has 1 saturated carbocycles. The molecule has 0 bridgehead atoms. The van der Waals surface area contributed by atoms with Gasteiger partial charge in [-0.3, -0.25) is 4.79 Å².